The first kappa shape index (κ1) is 38.5. The van der Waals surface area contributed by atoms with Crippen LogP contribution in [0.1, 0.15) is 16.7 Å². The van der Waals surface area contributed by atoms with Crippen molar-refractivity contribution in [1.82, 2.24) is 4.98 Å². The van der Waals surface area contributed by atoms with Crippen molar-refractivity contribution in [2.45, 2.75) is 6.42 Å². The second-order valence-electron chi connectivity index (χ2n) is 13.2. The Morgan fingerprint density at radius 2 is 0.966 bits per heavy atom. The number of ether oxygens (including phenoxy) is 2. The van der Waals surface area contributed by atoms with Gasteiger partial charge in [0.15, 0.2) is 0 Å². The van der Waals surface area contributed by atoms with E-state index in [1.54, 1.807) is 30.5 Å². The summed E-state index contributed by atoms with van der Waals surface area (Å²) in [6.45, 7) is 7.71. The minimum absolute atomic E-state index is 0.439. The van der Waals surface area contributed by atoms with Gasteiger partial charge in [-0.1, -0.05) is 110 Å². The summed E-state index contributed by atoms with van der Waals surface area (Å²) in [6.07, 6.45) is 9.13. The molecule has 0 amide bonds. The number of aromatic nitrogens is 1. The van der Waals surface area contributed by atoms with Gasteiger partial charge in [-0.15, -0.1) is 0 Å². The standard InChI is InChI=1S/C51H41N3O4/c1-3-50(55)57-47-31-27-44(28-32-47)53(37-35-38-10-6-5-7-11-38)43-25-21-42(22-26-43)41-19-15-39(16-20-41)13-14-40-17-23-45(24-18-40)54(49-12-8-9-36-52-49)46-29-33-48(34-30-46)58-51(56)4-2/h3-34,36H,1-2,35,37H2/b14-13+. The third kappa shape index (κ3) is 9.90. The van der Waals surface area contributed by atoms with Gasteiger partial charge in [-0.25, -0.2) is 14.6 Å². The summed E-state index contributed by atoms with van der Waals surface area (Å²) in [5, 5.41) is 0. The van der Waals surface area contributed by atoms with Crippen LogP contribution >= 0.6 is 0 Å². The van der Waals surface area contributed by atoms with Crippen molar-refractivity contribution >= 4 is 52.7 Å². The lowest BCUT2D eigenvalue weighted by atomic mass is 10.0. The van der Waals surface area contributed by atoms with Gasteiger partial charge in [0.2, 0.25) is 0 Å². The molecule has 0 aliphatic rings. The number of carbonyl (C=O) groups is 2. The van der Waals surface area contributed by atoms with Gasteiger partial charge < -0.3 is 14.4 Å². The molecule has 0 saturated heterocycles. The summed E-state index contributed by atoms with van der Waals surface area (Å²) >= 11 is 0. The van der Waals surface area contributed by atoms with E-state index in [1.807, 2.05) is 53.4 Å². The van der Waals surface area contributed by atoms with Gasteiger partial charge in [0, 0.05) is 47.6 Å². The highest BCUT2D eigenvalue weighted by atomic mass is 16.5. The van der Waals surface area contributed by atoms with Crippen LogP contribution in [0.5, 0.6) is 11.5 Å². The molecule has 0 aliphatic carbocycles. The molecule has 7 heteroatoms. The lowest BCUT2D eigenvalue weighted by molar-refractivity contribution is -0.129. The van der Waals surface area contributed by atoms with Crippen molar-refractivity contribution in [3.63, 3.8) is 0 Å². The number of nitrogens with zero attached hydrogens (tertiary/aromatic N) is 3. The molecule has 0 N–H and O–H groups in total. The highest BCUT2D eigenvalue weighted by Crippen LogP contribution is 2.35. The molecule has 7 rings (SSSR count). The molecule has 0 fully saturated rings. The molecule has 0 aliphatic heterocycles. The van der Waals surface area contributed by atoms with E-state index in [-0.39, 0.29) is 0 Å². The summed E-state index contributed by atoms with van der Waals surface area (Å²) in [7, 11) is 0. The van der Waals surface area contributed by atoms with Crippen molar-refractivity contribution < 1.29 is 19.1 Å². The van der Waals surface area contributed by atoms with Crippen molar-refractivity contribution in [2.24, 2.45) is 0 Å². The Kier molecular flexibility index (Phi) is 12.4. The summed E-state index contributed by atoms with van der Waals surface area (Å²) in [6, 6.07) is 56.4. The average molecular weight is 760 g/mol. The van der Waals surface area contributed by atoms with E-state index in [2.05, 4.69) is 132 Å². The molecule has 0 bridgehead atoms. The van der Waals surface area contributed by atoms with Crippen LogP contribution in [0.4, 0.5) is 28.6 Å². The first-order valence-corrected chi connectivity index (χ1v) is 18.9. The molecule has 0 unspecified atom stereocenters. The van der Waals surface area contributed by atoms with Crippen molar-refractivity contribution in [3.8, 4) is 22.6 Å². The summed E-state index contributed by atoms with van der Waals surface area (Å²) in [4.78, 5) is 32.3. The van der Waals surface area contributed by atoms with Gasteiger partial charge in [-0.2, -0.15) is 0 Å². The largest absolute Gasteiger partial charge is 0.423 e. The quantitative estimate of drug-likeness (QED) is 0.0446. The van der Waals surface area contributed by atoms with Gasteiger partial charge in [0.1, 0.15) is 17.3 Å². The lowest BCUT2D eigenvalue weighted by Crippen LogP contribution is -2.20. The van der Waals surface area contributed by atoms with Crippen molar-refractivity contribution in [2.75, 3.05) is 16.3 Å². The number of pyridine rings is 1. The maximum Gasteiger partial charge on any atom is 0.335 e. The molecule has 284 valence electrons. The average Bonchev–Trinajstić information content (AvgIpc) is 3.28. The normalized spacial score (nSPS) is 10.8. The zero-order chi connectivity index (χ0) is 40.1. The number of hydrogen-bond acceptors (Lipinski definition) is 7. The summed E-state index contributed by atoms with van der Waals surface area (Å²) in [5.74, 6) is 0.683. The molecule has 0 saturated carbocycles. The van der Waals surface area contributed by atoms with Crippen LogP contribution in [0.25, 0.3) is 23.3 Å². The molecule has 1 heterocycles. The van der Waals surface area contributed by atoms with Gasteiger partial charge in [-0.05, 0) is 119 Å². The van der Waals surface area contributed by atoms with Crippen LogP contribution in [0, 0.1) is 0 Å². The summed E-state index contributed by atoms with van der Waals surface area (Å²) < 4.78 is 10.6. The van der Waals surface area contributed by atoms with E-state index in [4.69, 9.17) is 9.47 Å². The number of esters is 2. The Bertz CT molecular complexity index is 2480. The third-order valence-corrected chi connectivity index (χ3v) is 9.40. The first-order valence-electron chi connectivity index (χ1n) is 18.9. The van der Waals surface area contributed by atoms with Crippen LogP contribution in [0.3, 0.4) is 0 Å². The zero-order valence-electron chi connectivity index (χ0n) is 31.9. The van der Waals surface area contributed by atoms with Crippen molar-refractivity contribution in [3.05, 3.63) is 218 Å². The van der Waals surface area contributed by atoms with E-state index in [0.29, 0.717) is 11.5 Å². The van der Waals surface area contributed by atoms with E-state index < -0.39 is 11.9 Å². The van der Waals surface area contributed by atoms with Crippen molar-refractivity contribution in [1.29, 1.82) is 0 Å². The Morgan fingerprint density at radius 3 is 1.47 bits per heavy atom. The van der Waals surface area contributed by atoms with Crippen LogP contribution in [-0.4, -0.2) is 23.5 Å². The summed E-state index contributed by atoms with van der Waals surface area (Å²) in [5.41, 5.74) is 9.52. The Labute approximate surface area is 339 Å². The van der Waals surface area contributed by atoms with E-state index in [0.717, 1.165) is 75.9 Å². The Balaban J connectivity index is 1.04. The first-order chi connectivity index (χ1) is 28.4. The molecule has 0 spiro atoms. The molecular weight excluding hydrogens is 719 g/mol. The maximum atomic E-state index is 11.7. The van der Waals surface area contributed by atoms with Gasteiger partial charge in [-0.3, -0.25) is 4.90 Å². The number of rotatable bonds is 15. The van der Waals surface area contributed by atoms with E-state index >= 15 is 0 Å². The molecular formula is C51H41N3O4. The van der Waals surface area contributed by atoms with E-state index in [9.17, 15) is 9.59 Å². The molecule has 1 aromatic heterocycles. The number of hydrogen-bond donors (Lipinski definition) is 0. The molecule has 6 aromatic carbocycles. The predicted molar refractivity (Wildman–Crippen MR) is 235 cm³/mol. The van der Waals surface area contributed by atoms with E-state index in [1.165, 1.54) is 5.56 Å². The van der Waals surface area contributed by atoms with Gasteiger partial charge in [0.25, 0.3) is 0 Å². The lowest BCUT2D eigenvalue weighted by Gasteiger charge is -2.26. The topological polar surface area (TPSA) is 72.0 Å². The molecule has 58 heavy (non-hydrogen) atoms. The zero-order valence-corrected chi connectivity index (χ0v) is 31.9. The highest BCUT2D eigenvalue weighted by molar-refractivity contribution is 5.84. The Morgan fingerprint density at radius 1 is 0.517 bits per heavy atom. The number of anilines is 5. The number of carbonyl (C=O) groups excluding carboxylic acids is 2. The molecule has 7 aromatic rings. The minimum atomic E-state index is -0.505. The molecule has 0 atom stereocenters. The second-order valence-corrected chi connectivity index (χ2v) is 13.2. The van der Waals surface area contributed by atoms with Gasteiger partial charge in [0.05, 0.1) is 0 Å². The second kappa shape index (κ2) is 18.7. The highest BCUT2D eigenvalue weighted by Gasteiger charge is 2.15. The fraction of sp³-hybridized carbons (Fsp3) is 0.0392. The van der Waals surface area contributed by atoms with Gasteiger partial charge >= 0.3 is 11.9 Å². The van der Waals surface area contributed by atoms with Crippen LogP contribution in [-0.2, 0) is 16.0 Å². The Hall–Kier alpha value is -7.77. The SMILES string of the molecule is C=CC(=O)Oc1ccc(N(CCc2ccccc2)c2ccc(-c3ccc(/C=C/c4ccc(N(c5ccc(OC(=O)C=C)cc5)c5ccccn5)cc4)cc3)cc2)cc1. The maximum absolute atomic E-state index is 11.7. The third-order valence-electron chi connectivity index (χ3n) is 9.40. The molecule has 7 nitrogen and oxygen atoms in total. The fourth-order valence-corrected chi connectivity index (χ4v) is 6.41. The number of benzene rings is 6. The smallest absolute Gasteiger partial charge is 0.335 e. The molecule has 0 radical (unpaired) electrons. The van der Waals surface area contributed by atoms with Crippen LogP contribution in [0.15, 0.2) is 201 Å². The predicted octanol–water partition coefficient (Wildman–Crippen LogP) is 12.0. The minimum Gasteiger partial charge on any atom is -0.423 e. The van der Waals surface area contributed by atoms with Crippen LogP contribution in [0.2, 0.25) is 0 Å². The monoisotopic (exact) mass is 759 g/mol. The van der Waals surface area contributed by atoms with Crippen LogP contribution < -0.4 is 19.3 Å². The fourth-order valence-electron chi connectivity index (χ4n) is 6.41.